The van der Waals surface area contributed by atoms with Gasteiger partial charge in [0.15, 0.2) is 0 Å². The second kappa shape index (κ2) is 4.56. The first kappa shape index (κ1) is 10.4. The Kier molecular flexibility index (Phi) is 3.66. The molecule has 0 amide bonds. The summed E-state index contributed by atoms with van der Waals surface area (Å²) in [6, 6.07) is 5.39. The molecule has 0 heterocycles. The van der Waals surface area contributed by atoms with Crippen LogP contribution in [0.4, 0.5) is 0 Å². The summed E-state index contributed by atoms with van der Waals surface area (Å²) in [5.41, 5.74) is 0.722. The fraction of sp³-hybridized carbons (Fsp3) is 0.273. The van der Waals surface area contributed by atoms with E-state index in [2.05, 4.69) is 11.8 Å². The van der Waals surface area contributed by atoms with E-state index < -0.39 is 0 Å². The van der Waals surface area contributed by atoms with Gasteiger partial charge >= 0.3 is 0 Å². The van der Waals surface area contributed by atoms with Gasteiger partial charge in [0.25, 0.3) is 0 Å². The first-order valence-corrected chi connectivity index (χ1v) is 4.82. The molecule has 0 aliphatic heterocycles. The lowest BCUT2D eigenvalue weighted by molar-refractivity contribution is 0.866. The van der Waals surface area contributed by atoms with Gasteiger partial charge in [0.2, 0.25) is 0 Å². The van der Waals surface area contributed by atoms with Crippen LogP contribution < -0.4 is 0 Å². The van der Waals surface area contributed by atoms with Gasteiger partial charge in [0.05, 0.1) is 15.6 Å². The van der Waals surface area contributed by atoms with Gasteiger partial charge in [-0.1, -0.05) is 55.0 Å². The average Bonchev–Trinajstić information content (AvgIpc) is 2.03. The standard InChI is InChI=1S/C11H10Cl2/c1-8(2)6-7-9-10(12)4-3-5-11(9)13/h3-5,8H,1-2H3. The van der Waals surface area contributed by atoms with Crippen molar-refractivity contribution in [2.45, 2.75) is 13.8 Å². The number of hydrogen-bond acceptors (Lipinski definition) is 0. The zero-order valence-electron chi connectivity index (χ0n) is 7.57. The Morgan fingerprint density at radius 1 is 1.15 bits per heavy atom. The maximum absolute atomic E-state index is 5.93. The number of hydrogen-bond donors (Lipinski definition) is 0. The number of benzene rings is 1. The van der Waals surface area contributed by atoms with Crippen molar-refractivity contribution in [3.63, 3.8) is 0 Å². The lowest BCUT2D eigenvalue weighted by Gasteiger charge is -1.98. The van der Waals surface area contributed by atoms with Crippen molar-refractivity contribution < 1.29 is 0 Å². The van der Waals surface area contributed by atoms with E-state index in [-0.39, 0.29) is 0 Å². The molecule has 0 fully saturated rings. The van der Waals surface area contributed by atoms with Crippen molar-refractivity contribution in [2.75, 3.05) is 0 Å². The second-order valence-corrected chi connectivity index (χ2v) is 3.84. The summed E-state index contributed by atoms with van der Waals surface area (Å²) in [4.78, 5) is 0. The van der Waals surface area contributed by atoms with Crippen LogP contribution >= 0.6 is 23.2 Å². The Morgan fingerprint density at radius 2 is 1.69 bits per heavy atom. The minimum atomic E-state index is 0.326. The van der Waals surface area contributed by atoms with E-state index in [0.717, 1.165) is 5.56 Å². The van der Waals surface area contributed by atoms with Gasteiger partial charge in [-0.2, -0.15) is 0 Å². The molecule has 0 spiro atoms. The Hall–Kier alpha value is -0.640. The third-order valence-corrected chi connectivity index (χ3v) is 2.08. The molecular weight excluding hydrogens is 203 g/mol. The first-order chi connectivity index (χ1) is 6.11. The van der Waals surface area contributed by atoms with Crippen molar-refractivity contribution in [1.82, 2.24) is 0 Å². The molecule has 1 rings (SSSR count). The van der Waals surface area contributed by atoms with Gasteiger partial charge in [0, 0.05) is 5.92 Å². The molecule has 13 heavy (non-hydrogen) atoms. The largest absolute Gasteiger partial charge is 0.0950 e. The average molecular weight is 213 g/mol. The predicted molar refractivity (Wildman–Crippen MR) is 58.2 cm³/mol. The minimum absolute atomic E-state index is 0.326. The molecular formula is C11H10Cl2. The van der Waals surface area contributed by atoms with Crippen LogP contribution in [0, 0.1) is 17.8 Å². The number of halogens is 2. The summed E-state index contributed by atoms with van der Waals surface area (Å²) in [5, 5.41) is 1.22. The van der Waals surface area contributed by atoms with Crippen LogP contribution in [0.3, 0.4) is 0 Å². The molecule has 0 saturated carbocycles. The molecule has 68 valence electrons. The van der Waals surface area contributed by atoms with E-state index in [9.17, 15) is 0 Å². The normalized spacial score (nSPS) is 9.62. The van der Waals surface area contributed by atoms with Gasteiger partial charge in [-0.15, -0.1) is 0 Å². The maximum Gasteiger partial charge on any atom is 0.0618 e. The summed E-state index contributed by atoms with van der Waals surface area (Å²) in [6.45, 7) is 4.05. The molecule has 0 radical (unpaired) electrons. The Balaban J connectivity index is 3.09. The topological polar surface area (TPSA) is 0 Å². The predicted octanol–water partition coefficient (Wildman–Crippen LogP) is 4.00. The lowest BCUT2D eigenvalue weighted by Crippen LogP contribution is -1.82. The molecule has 1 aromatic rings. The van der Waals surface area contributed by atoms with Crippen LogP contribution in [0.5, 0.6) is 0 Å². The summed E-state index contributed by atoms with van der Waals surface area (Å²) in [7, 11) is 0. The molecule has 0 unspecified atom stereocenters. The van der Waals surface area contributed by atoms with E-state index in [1.54, 1.807) is 12.1 Å². The fourth-order valence-corrected chi connectivity index (χ4v) is 1.33. The summed E-state index contributed by atoms with van der Waals surface area (Å²) in [6.07, 6.45) is 0. The molecule has 0 atom stereocenters. The van der Waals surface area contributed by atoms with Crippen LogP contribution in [0.15, 0.2) is 18.2 Å². The van der Waals surface area contributed by atoms with Crippen LogP contribution in [-0.4, -0.2) is 0 Å². The maximum atomic E-state index is 5.93. The highest BCUT2D eigenvalue weighted by molar-refractivity contribution is 6.36. The summed E-state index contributed by atoms with van der Waals surface area (Å²) >= 11 is 11.9. The quantitative estimate of drug-likeness (QED) is 0.571. The molecule has 0 aliphatic rings. The molecule has 2 heteroatoms. The first-order valence-electron chi connectivity index (χ1n) is 4.07. The molecule has 0 nitrogen and oxygen atoms in total. The van der Waals surface area contributed by atoms with E-state index in [1.807, 2.05) is 19.9 Å². The third kappa shape index (κ3) is 2.95. The molecule has 0 aromatic heterocycles. The summed E-state index contributed by atoms with van der Waals surface area (Å²) < 4.78 is 0. The highest BCUT2D eigenvalue weighted by Gasteiger charge is 2.00. The van der Waals surface area contributed by atoms with Crippen molar-refractivity contribution in [3.8, 4) is 11.8 Å². The zero-order valence-corrected chi connectivity index (χ0v) is 9.08. The monoisotopic (exact) mass is 212 g/mol. The fourth-order valence-electron chi connectivity index (χ4n) is 0.834. The van der Waals surface area contributed by atoms with Gasteiger partial charge in [-0.05, 0) is 12.1 Å². The number of rotatable bonds is 0. The van der Waals surface area contributed by atoms with Gasteiger partial charge in [-0.25, -0.2) is 0 Å². The van der Waals surface area contributed by atoms with E-state index in [0.29, 0.717) is 16.0 Å². The van der Waals surface area contributed by atoms with E-state index >= 15 is 0 Å². The van der Waals surface area contributed by atoms with Crippen LogP contribution in [-0.2, 0) is 0 Å². The minimum Gasteiger partial charge on any atom is -0.0950 e. The Bertz CT molecular complexity index is 336. The Labute approximate surface area is 88.9 Å². The van der Waals surface area contributed by atoms with Crippen molar-refractivity contribution in [1.29, 1.82) is 0 Å². The van der Waals surface area contributed by atoms with Gasteiger partial charge < -0.3 is 0 Å². The van der Waals surface area contributed by atoms with Crippen molar-refractivity contribution in [3.05, 3.63) is 33.8 Å². The highest BCUT2D eigenvalue weighted by Crippen LogP contribution is 2.22. The SMILES string of the molecule is CC(C)C#Cc1c(Cl)cccc1Cl. The molecule has 0 bridgehead atoms. The Morgan fingerprint density at radius 3 is 2.15 bits per heavy atom. The van der Waals surface area contributed by atoms with Crippen LogP contribution in [0.25, 0.3) is 0 Å². The molecule has 0 aliphatic carbocycles. The van der Waals surface area contributed by atoms with Crippen LogP contribution in [0.1, 0.15) is 19.4 Å². The van der Waals surface area contributed by atoms with E-state index in [1.165, 1.54) is 0 Å². The lowest BCUT2D eigenvalue weighted by atomic mass is 10.2. The second-order valence-electron chi connectivity index (χ2n) is 3.02. The van der Waals surface area contributed by atoms with Crippen molar-refractivity contribution >= 4 is 23.2 Å². The smallest absolute Gasteiger partial charge is 0.0618 e. The molecule has 0 saturated heterocycles. The third-order valence-electron chi connectivity index (χ3n) is 1.45. The summed E-state index contributed by atoms with van der Waals surface area (Å²) in [5.74, 6) is 6.32. The zero-order chi connectivity index (χ0) is 9.84. The molecule has 0 N–H and O–H groups in total. The van der Waals surface area contributed by atoms with Crippen LogP contribution in [0.2, 0.25) is 10.0 Å². The van der Waals surface area contributed by atoms with Gasteiger partial charge in [-0.3, -0.25) is 0 Å². The van der Waals surface area contributed by atoms with Crippen molar-refractivity contribution in [2.24, 2.45) is 5.92 Å². The van der Waals surface area contributed by atoms with E-state index in [4.69, 9.17) is 23.2 Å². The van der Waals surface area contributed by atoms with Gasteiger partial charge in [0.1, 0.15) is 0 Å². The molecule has 1 aromatic carbocycles. The highest BCUT2D eigenvalue weighted by atomic mass is 35.5.